The molecule has 0 radical (unpaired) electrons. The van der Waals surface area contributed by atoms with Crippen LogP contribution in [0.2, 0.25) is 5.02 Å². The molecule has 1 aliphatic rings. The third-order valence-corrected chi connectivity index (χ3v) is 5.41. The van der Waals surface area contributed by atoms with Crippen molar-refractivity contribution in [2.45, 2.75) is 25.7 Å². The van der Waals surface area contributed by atoms with Gasteiger partial charge in [0.1, 0.15) is 5.00 Å². The van der Waals surface area contributed by atoms with Crippen LogP contribution >= 0.6 is 22.9 Å². The smallest absolute Gasteiger partial charge is 0.251 e. The van der Waals surface area contributed by atoms with Crippen molar-refractivity contribution >= 4 is 45.8 Å². The van der Waals surface area contributed by atoms with Crippen molar-refractivity contribution in [3.63, 3.8) is 0 Å². The van der Waals surface area contributed by atoms with E-state index in [-0.39, 0.29) is 5.91 Å². The number of halogens is 1. The Labute approximate surface area is 149 Å². The first-order valence-corrected chi connectivity index (χ1v) is 8.93. The van der Waals surface area contributed by atoms with Gasteiger partial charge < -0.3 is 11.1 Å². The van der Waals surface area contributed by atoms with E-state index in [1.165, 1.54) is 17.4 Å². The van der Waals surface area contributed by atoms with Crippen molar-refractivity contribution in [1.29, 1.82) is 0 Å². The van der Waals surface area contributed by atoms with Crippen molar-refractivity contribution in [1.82, 2.24) is 0 Å². The molecule has 3 rings (SSSR count). The SMILES string of the molecule is NC(=O)c1c(NC(=O)/C=C/c2ccc(Cl)cc2)sc2c1CCCC2. The van der Waals surface area contributed by atoms with E-state index >= 15 is 0 Å². The quantitative estimate of drug-likeness (QED) is 0.808. The van der Waals surface area contributed by atoms with E-state index < -0.39 is 5.91 Å². The normalized spacial score (nSPS) is 13.7. The van der Waals surface area contributed by atoms with Crippen molar-refractivity contribution < 1.29 is 9.59 Å². The number of hydrogen-bond acceptors (Lipinski definition) is 3. The Balaban J connectivity index is 1.78. The van der Waals surface area contributed by atoms with Crippen LogP contribution in [-0.2, 0) is 17.6 Å². The highest BCUT2D eigenvalue weighted by atomic mass is 35.5. The van der Waals surface area contributed by atoms with Crippen LogP contribution in [0.15, 0.2) is 30.3 Å². The molecule has 0 saturated carbocycles. The minimum atomic E-state index is -0.480. The number of amides is 2. The van der Waals surface area contributed by atoms with E-state index in [0.717, 1.165) is 41.7 Å². The molecule has 0 fully saturated rings. The number of nitrogens with two attached hydrogens (primary N) is 1. The fourth-order valence-corrected chi connectivity index (χ4v) is 4.24. The van der Waals surface area contributed by atoms with Gasteiger partial charge >= 0.3 is 0 Å². The number of thiophene rings is 1. The highest BCUT2D eigenvalue weighted by Gasteiger charge is 2.24. The van der Waals surface area contributed by atoms with E-state index in [4.69, 9.17) is 17.3 Å². The first-order valence-electron chi connectivity index (χ1n) is 7.73. The minimum Gasteiger partial charge on any atom is -0.365 e. The maximum atomic E-state index is 12.2. The Morgan fingerprint density at radius 3 is 2.58 bits per heavy atom. The Kier molecular flexibility index (Phi) is 5.02. The number of aryl methyl sites for hydroxylation is 1. The number of rotatable bonds is 4. The zero-order valence-electron chi connectivity index (χ0n) is 13.0. The van der Waals surface area contributed by atoms with Crippen LogP contribution in [0.4, 0.5) is 5.00 Å². The van der Waals surface area contributed by atoms with Gasteiger partial charge in [0.05, 0.1) is 5.56 Å². The molecule has 0 spiro atoms. The monoisotopic (exact) mass is 360 g/mol. The molecule has 2 amide bonds. The van der Waals surface area contributed by atoms with E-state index in [9.17, 15) is 9.59 Å². The van der Waals surface area contributed by atoms with Crippen LogP contribution in [0.1, 0.15) is 39.2 Å². The predicted molar refractivity (Wildman–Crippen MR) is 98.6 cm³/mol. The molecule has 124 valence electrons. The highest BCUT2D eigenvalue weighted by molar-refractivity contribution is 7.17. The Hall–Kier alpha value is -2.11. The summed E-state index contributed by atoms with van der Waals surface area (Å²) >= 11 is 7.29. The number of benzene rings is 1. The number of nitrogens with one attached hydrogen (secondary N) is 1. The zero-order chi connectivity index (χ0) is 17.1. The third kappa shape index (κ3) is 3.68. The summed E-state index contributed by atoms with van der Waals surface area (Å²) in [6, 6.07) is 7.17. The number of anilines is 1. The van der Waals surface area contributed by atoms with Gasteiger partial charge in [-0.25, -0.2) is 0 Å². The molecule has 2 aromatic rings. The summed E-state index contributed by atoms with van der Waals surface area (Å²) in [5.41, 5.74) is 7.88. The summed E-state index contributed by atoms with van der Waals surface area (Å²) in [4.78, 5) is 25.1. The zero-order valence-corrected chi connectivity index (χ0v) is 14.5. The lowest BCUT2D eigenvalue weighted by atomic mass is 9.95. The van der Waals surface area contributed by atoms with Gasteiger partial charge in [0.25, 0.3) is 5.91 Å². The Morgan fingerprint density at radius 2 is 1.88 bits per heavy atom. The van der Waals surface area contributed by atoms with Crippen molar-refractivity contribution in [2.24, 2.45) is 5.73 Å². The third-order valence-electron chi connectivity index (χ3n) is 3.95. The van der Waals surface area contributed by atoms with E-state index in [1.807, 2.05) is 12.1 Å². The van der Waals surface area contributed by atoms with Crippen molar-refractivity contribution in [3.05, 3.63) is 56.9 Å². The van der Waals surface area contributed by atoms with Gasteiger partial charge in [-0.15, -0.1) is 11.3 Å². The molecule has 4 nitrogen and oxygen atoms in total. The second kappa shape index (κ2) is 7.20. The van der Waals surface area contributed by atoms with Gasteiger partial charge in [0.2, 0.25) is 5.91 Å². The number of primary amides is 1. The van der Waals surface area contributed by atoms with Gasteiger partial charge in [-0.1, -0.05) is 23.7 Å². The summed E-state index contributed by atoms with van der Waals surface area (Å²) in [6.07, 6.45) is 7.08. The minimum absolute atomic E-state index is 0.286. The standard InChI is InChI=1S/C18H17ClN2O2S/c19-12-8-5-11(6-9-12)7-10-15(22)21-18-16(17(20)23)13-3-1-2-4-14(13)24-18/h5-10H,1-4H2,(H2,20,23)(H,21,22)/b10-7+. The summed E-state index contributed by atoms with van der Waals surface area (Å²) < 4.78 is 0. The molecular formula is C18H17ClN2O2S. The average molecular weight is 361 g/mol. The predicted octanol–water partition coefficient (Wildman–Crippen LogP) is 4.03. The average Bonchev–Trinajstić information content (AvgIpc) is 2.92. The fourth-order valence-electron chi connectivity index (χ4n) is 2.81. The lowest BCUT2D eigenvalue weighted by Gasteiger charge is -2.11. The second-order valence-corrected chi connectivity index (χ2v) is 7.20. The molecule has 6 heteroatoms. The number of carbonyl (C=O) groups excluding carboxylic acids is 2. The van der Waals surface area contributed by atoms with Gasteiger partial charge in [0.15, 0.2) is 0 Å². The maximum absolute atomic E-state index is 12.2. The lowest BCUT2D eigenvalue weighted by molar-refractivity contribution is -0.111. The number of fused-ring (bicyclic) bond motifs is 1. The molecule has 0 unspecified atom stereocenters. The van der Waals surface area contributed by atoms with Crippen LogP contribution in [0.3, 0.4) is 0 Å². The van der Waals surface area contributed by atoms with E-state index in [2.05, 4.69) is 5.32 Å². The number of hydrogen-bond donors (Lipinski definition) is 2. The fraction of sp³-hybridized carbons (Fsp3) is 0.222. The molecule has 0 aliphatic heterocycles. The van der Waals surface area contributed by atoms with Crippen LogP contribution in [0, 0.1) is 0 Å². The highest BCUT2D eigenvalue weighted by Crippen LogP contribution is 2.37. The van der Waals surface area contributed by atoms with Crippen molar-refractivity contribution in [3.8, 4) is 0 Å². The molecule has 1 heterocycles. The molecule has 1 aliphatic carbocycles. The summed E-state index contributed by atoms with van der Waals surface area (Å²) in [5.74, 6) is -0.766. The Bertz CT molecular complexity index is 809. The van der Waals surface area contributed by atoms with Gasteiger partial charge in [-0.3, -0.25) is 9.59 Å². The molecule has 0 atom stereocenters. The van der Waals surface area contributed by atoms with Crippen LogP contribution in [0.25, 0.3) is 6.08 Å². The molecule has 24 heavy (non-hydrogen) atoms. The van der Waals surface area contributed by atoms with Gasteiger partial charge in [0, 0.05) is 16.0 Å². The van der Waals surface area contributed by atoms with Crippen LogP contribution in [0.5, 0.6) is 0 Å². The first kappa shape index (κ1) is 16.7. The van der Waals surface area contributed by atoms with E-state index in [1.54, 1.807) is 18.2 Å². The summed E-state index contributed by atoms with van der Waals surface area (Å²) in [6.45, 7) is 0. The number of carbonyl (C=O) groups is 2. The molecular weight excluding hydrogens is 344 g/mol. The largest absolute Gasteiger partial charge is 0.365 e. The lowest BCUT2D eigenvalue weighted by Crippen LogP contribution is -2.17. The molecule has 3 N–H and O–H groups in total. The molecule has 1 aromatic heterocycles. The summed E-state index contributed by atoms with van der Waals surface area (Å²) in [5, 5.41) is 4.00. The molecule has 0 bridgehead atoms. The van der Waals surface area contributed by atoms with Gasteiger partial charge in [-0.2, -0.15) is 0 Å². The molecule has 1 aromatic carbocycles. The van der Waals surface area contributed by atoms with Gasteiger partial charge in [-0.05, 0) is 55.0 Å². The van der Waals surface area contributed by atoms with Crippen molar-refractivity contribution in [2.75, 3.05) is 5.32 Å². The second-order valence-electron chi connectivity index (χ2n) is 5.65. The Morgan fingerprint density at radius 1 is 1.17 bits per heavy atom. The first-order chi connectivity index (χ1) is 11.5. The van der Waals surface area contributed by atoms with E-state index in [0.29, 0.717) is 15.6 Å². The van der Waals surface area contributed by atoms with Crippen LogP contribution < -0.4 is 11.1 Å². The maximum Gasteiger partial charge on any atom is 0.251 e. The topological polar surface area (TPSA) is 72.2 Å². The summed E-state index contributed by atoms with van der Waals surface area (Å²) in [7, 11) is 0. The molecule has 0 saturated heterocycles. The van der Waals surface area contributed by atoms with Crippen LogP contribution in [-0.4, -0.2) is 11.8 Å².